The van der Waals surface area contributed by atoms with Crippen LogP contribution in [0.5, 0.6) is 0 Å². The van der Waals surface area contributed by atoms with E-state index in [0.29, 0.717) is 30.4 Å². The summed E-state index contributed by atoms with van der Waals surface area (Å²) in [6.45, 7) is 0.292. The standard InChI is InChI=1S/C13H19N7O3/c1-18-8-15-11-10(18)12(22)20(13(23)19(11)2)6-4-3-5-9(21)7-16-17-14/h8-9,21H,3-7H2,1-2H3. The van der Waals surface area contributed by atoms with E-state index in [2.05, 4.69) is 15.0 Å². The number of azide groups is 1. The molecule has 10 heteroatoms. The van der Waals surface area contributed by atoms with Crippen LogP contribution in [-0.4, -0.2) is 36.4 Å². The topological polar surface area (TPSA) is 131 Å². The largest absolute Gasteiger partial charge is 0.393 e. The van der Waals surface area contributed by atoms with Crippen LogP contribution in [0.2, 0.25) is 0 Å². The molecule has 0 amide bonds. The van der Waals surface area contributed by atoms with Gasteiger partial charge in [0.15, 0.2) is 11.2 Å². The maximum atomic E-state index is 12.4. The SMILES string of the molecule is Cn1cnc2c1c(=O)n(CCCCC(O)CN=[N+]=[N-])c(=O)n2C. The molecule has 2 aromatic rings. The fraction of sp³-hybridized carbons (Fsp3) is 0.615. The van der Waals surface area contributed by atoms with E-state index >= 15 is 0 Å². The van der Waals surface area contributed by atoms with E-state index in [-0.39, 0.29) is 18.6 Å². The molecule has 1 N–H and O–H groups in total. The number of hydrogen-bond donors (Lipinski definition) is 1. The fourth-order valence-corrected chi connectivity index (χ4v) is 2.47. The Morgan fingerprint density at radius 3 is 2.83 bits per heavy atom. The molecule has 2 heterocycles. The molecular formula is C13H19N7O3. The van der Waals surface area contributed by atoms with Crippen molar-refractivity contribution in [1.29, 1.82) is 0 Å². The minimum absolute atomic E-state index is 0.0270. The van der Waals surface area contributed by atoms with Gasteiger partial charge >= 0.3 is 5.69 Å². The van der Waals surface area contributed by atoms with Crippen molar-refractivity contribution in [3.63, 3.8) is 0 Å². The number of aliphatic hydroxyl groups excluding tert-OH is 1. The lowest BCUT2D eigenvalue weighted by atomic mass is 10.1. The van der Waals surface area contributed by atoms with Crippen molar-refractivity contribution in [2.24, 2.45) is 19.2 Å². The van der Waals surface area contributed by atoms with Gasteiger partial charge in [-0.25, -0.2) is 9.78 Å². The maximum absolute atomic E-state index is 12.4. The summed E-state index contributed by atoms with van der Waals surface area (Å²) in [4.78, 5) is 31.3. The molecule has 0 fully saturated rings. The number of imidazole rings is 1. The van der Waals surface area contributed by atoms with Gasteiger partial charge in [0.2, 0.25) is 0 Å². The van der Waals surface area contributed by atoms with Gasteiger partial charge in [-0.15, -0.1) is 0 Å². The lowest BCUT2D eigenvalue weighted by Gasteiger charge is -2.10. The van der Waals surface area contributed by atoms with Crippen molar-refractivity contribution in [3.8, 4) is 0 Å². The Hall–Kier alpha value is -2.58. The molecule has 0 radical (unpaired) electrons. The van der Waals surface area contributed by atoms with Gasteiger partial charge in [0.05, 0.1) is 19.0 Å². The number of aryl methyl sites for hydroxylation is 2. The van der Waals surface area contributed by atoms with Gasteiger partial charge in [-0.05, 0) is 24.8 Å². The van der Waals surface area contributed by atoms with Crippen LogP contribution in [0.25, 0.3) is 21.6 Å². The Morgan fingerprint density at radius 2 is 2.13 bits per heavy atom. The summed E-state index contributed by atoms with van der Waals surface area (Å²) >= 11 is 0. The van der Waals surface area contributed by atoms with Crippen LogP contribution in [0.4, 0.5) is 0 Å². The number of fused-ring (bicyclic) bond motifs is 1. The molecule has 2 rings (SSSR count). The summed E-state index contributed by atoms with van der Waals surface area (Å²) in [5, 5.41) is 12.9. The average molecular weight is 321 g/mol. The molecule has 1 atom stereocenters. The Bertz CT molecular complexity index is 857. The highest BCUT2D eigenvalue weighted by Gasteiger charge is 2.14. The zero-order chi connectivity index (χ0) is 17.0. The lowest BCUT2D eigenvalue weighted by Crippen LogP contribution is -2.39. The van der Waals surface area contributed by atoms with Gasteiger partial charge < -0.3 is 9.67 Å². The second-order valence-corrected chi connectivity index (χ2v) is 5.39. The molecule has 0 aromatic carbocycles. The molecule has 0 spiro atoms. The third kappa shape index (κ3) is 3.43. The zero-order valence-corrected chi connectivity index (χ0v) is 13.1. The van der Waals surface area contributed by atoms with Crippen molar-refractivity contribution < 1.29 is 5.11 Å². The second-order valence-electron chi connectivity index (χ2n) is 5.39. The molecule has 0 aliphatic carbocycles. The van der Waals surface area contributed by atoms with Gasteiger partial charge in [0.25, 0.3) is 5.56 Å². The Morgan fingerprint density at radius 1 is 1.39 bits per heavy atom. The zero-order valence-electron chi connectivity index (χ0n) is 13.1. The first-order valence-electron chi connectivity index (χ1n) is 7.27. The highest BCUT2D eigenvalue weighted by molar-refractivity contribution is 5.69. The van der Waals surface area contributed by atoms with Crippen LogP contribution in [0, 0.1) is 0 Å². The van der Waals surface area contributed by atoms with Gasteiger partial charge in [0, 0.05) is 25.6 Å². The number of aliphatic hydroxyl groups is 1. The number of unbranched alkanes of at least 4 members (excludes halogenated alkanes) is 1. The third-order valence-electron chi connectivity index (χ3n) is 3.73. The van der Waals surface area contributed by atoms with Gasteiger partial charge in [-0.2, -0.15) is 0 Å². The van der Waals surface area contributed by atoms with Crippen LogP contribution < -0.4 is 11.2 Å². The van der Waals surface area contributed by atoms with E-state index in [0.717, 1.165) is 0 Å². The van der Waals surface area contributed by atoms with Gasteiger partial charge in [-0.3, -0.25) is 13.9 Å². The van der Waals surface area contributed by atoms with Gasteiger partial charge in [-0.1, -0.05) is 5.11 Å². The van der Waals surface area contributed by atoms with E-state index in [1.165, 1.54) is 15.5 Å². The summed E-state index contributed by atoms with van der Waals surface area (Å²) in [5.74, 6) is 0. The van der Waals surface area contributed by atoms with Crippen LogP contribution in [0.15, 0.2) is 21.0 Å². The number of rotatable bonds is 7. The highest BCUT2D eigenvalue weighted by Crippen LogP contribution is 2.05. The molecular weight excluding hydrogens is 302 g/mol. The third-order valence-corrected chi connectivity index (χ3v) is 3.73. The quantitative estimate of drug-likeness (QED) is 0.339. The predicted octanol–water partition coefficient (Wildman–Crippen LogP) is 0.275. The number of hydrogen-bond acceptors (Lipinski definition) is 5. The molecule has 0 saturated carbocycles. The van der Waals surface area contributed by atoms with Crippen LogP contribution in [-0.2, 0) is 20.6 Å². The molecule has 23 heavy (non-hydrogen) atoms. The molecule has 2 aromatic heterocycles. The molecule has 1 unspecified atom stereocenters. The van der Waals surface area contributed by atoms with Crippen molar-refractivity contribution in [1.82, 2.24) is 18.7 Å². The summed E-state index contributed by atoms with van der Waals surface area (Å²) in [7, 11) is 3.29. The van der Waals surface area contributed by atoms with Crippen LogP contribution in [0.3, 0.4) is 0 Å². The Balaban J connectivity index is 2.12. The maximum Gasteiger partial charge on any atom is 0.332 e. The van der Waals surface area contributed by atoms with E-state index < -0.39 is 11.8 Å². The summed E-state index contributed by atoms with van der Waals surface area (Å²) in [6, 6.07) is 0. The minimum atomic E-state index is -0.704. The molecule has 124 valence electrons. The van der Waals surface area contributed by atoms with E-state index in [1.807, 2.05) is 0 Å². The summed E-state index contributed by atoms with van der Waals surface area (Å²) < 4.78 is 4.13. The lowest BCUT2D eigenvalue weighted by molar-refractivity contribution is 0.168. The molecule has 0 bridgehead atoms. The van der Waals surface area contributed by atoms with Gasteiger partial charge in [0.1, 0.15) is 0 Å². The predicted molar refractivity (Wildman–Crippen MR) is 84.1 cm³/mol. The number of nitrogens with zero attached hydrogens (tertiary/aromatic N) is 7. The average Bonchev–Trinajstić information content (AvgIpc) is 2.92. The smallest absolute Gasteiger partial charge is 0.332 e. The van der Waals surface area contributed by atoms with Crippen LogP contribution >= 0.6 is 0 Å². The minimum Gasteiger partial charge on any atom is -0.393 e. The second kappa shape index (κ2) is 7.12. The molecule has 0 saturated heterocycles. The molecule has 0 aliphatic rings. The first kappa shape index (κ1) is 16.8. The summed E-state index contributed by atoms with van der Waals surface area (Å²) in [6.07, 6.45) is 2.42. The molecule has 10 nitrogen and oxygen atoms in total. The van der Waals surface area contributed by atoms with E-state index in [4.69, 9.17) is 5.53 Å². The normalized spacial score (nSPS) is 12.3. The monoisotopic (exact) mass is 321 g/mol. The number of aromatic nitrogens is 4. The van der Waals surface area contributed by atoms with Crippen molar-refractivity contribution in [2.45, 2.75) is 31.9 Å². The van der Waals surface area contributed by atoms with E-state index in [9.17, 15) is 14.7 Å². The highest BCUT2D eigenvalue weighted by atomic mass is 16.3. The van der Waals surface area contributed by atoms with E-state index in [1.54, 1.807) is 18.7 Å². The van der Waals surface area contributed by atoms with Crippen LogP contribution in [0.1, 0.15) is 19.3 Å². The first-order chi connectivity index (χ1) is 11.0. The fourth-order valence-electron chi connectivity index (χ4n) is 2.47. The van der Waals surface area contributed by atoms with Crippen molar-refractivity contribution in [3.05, 3.63) is 37.6 Å². The first-order valence-corrected chi connectivity index (χ1v) is 7.27. The Kier molecular flexibility index (Phi) is 5.20. The van der Waals surface area contributed by atoms with Crippen molar-refractivity contribution >= 4 is 11.2 Å². The summed E-state index contributed by atoms with van der Waals surface area (Å²) in [5.41, 5.74) is 8.16. The molecule has 0 aliphatic heterocycles. The van der Waals surface area contributed by atoms with Crippen molar-refractivity contribution in [2.75, 3.05) is 6.54 Å². The Labute approximate surface area is 131 Å².